The molecule has 60 heavy (non-hydrogen) atoms. The number of urea groups is 1. The number of methoxy groups -OCH3 is 2. The van der Waals surface area contributed by atoms with Crippen molar-refractivity contribution in [1.29, 1.82) is 0 Å². The summed E-state index contributed by atoms with van der Waals surface area (Å²) in [4.78, 5) is 61.4. The monoisotopic (exact) mass is 937 g/mol. The third-order valence-corrected chi connectivity index (χ3v) is 11.8. The summed E-state index contributed by atoms with van der Waals surface area (Å²) in [7, 11) is -9.94. The molecule has 0 fully saturated rings. The number of benzene rings is 1. The fraction of sp³-hybridized carbons (Fsp3) is 0.344. The number of hydrogen-bond donors (Lipinski definition) is 6. The van der Waals surface area contributed by atoms with Crippen LogP contribution in [0.4, 0.5) is 10.7 Å². The molecule has 0 saturated heterocycles. The number of fused-ring (bicyclic) bond motifs is 1. The molecule has 3 aromatic heterocycles. The molecular weight excluding hydrogens is 900 g/mol. The van der Waals surface area contributed by atoms with Gasteiger partial charge in [-0.05, 0) is 31.0 Å². The van der Waals surface area contributed by atoms with Crippen LogP contribution in [0.15, 0.2) is 51.2 Å². The number of ether oxygens (including phenoxy) is 3. The molecule has 0 aliphatic carbocycles. The van der Waals surface area contributed by atoms with E-state index < -0.39 is 62.2 Å². The van der Waals surface area contributed by atoms with Crippen LogP contribution >= 0.6 is 30.8 Å². The normalized spacial score (nSPS) is 12.2. The predicted molar refractivity (Wildman–Crippen MR) is 214 cm³/mol. The summed E-state index contributed by atoms with van der Waals surface area (Å²) in [6.07, 6.45) is 8.47. The van der Waals surface area contributed by atoms with Crippen LogP contribution in [0.2, 0.25) is 10.0 Å². The van der Waals surface area contributed by atoms with Gasteiger partial charge in [-0.3, -0.25) is 24.6 Å². The van der Waals surface area contributed by atoms with E-state index in [0.29, 0.717) is 28.0 Å². The Morgan fingerprint density at radius 1 is 1.05 bits per heavy atom. The minimum Gasteiger partial charge on any atom is -0.481 e. The number of carboxylic acid groups (broad SMARTS) is 1. The van der Waals surface area contributed by atoms with Gasteiger partial charge in [0.25, 0.3) is 10.0 Å². The van der Waals surface area contributed by atoms with Gasteiger partial charge in [-0.2, -0.15) is 23.1 Å². The Morgan fingerprint density at radius 2 is 1.72 bits per heavy atom. The number of halogens is 2. The van der Waals surface area contributed by atoms with Crippen LogP contribution in [-0.2, 0) is 42.2 Å². The van der Waals surface area contributed by atoms with E-state index >= 15 is 0 Å². The number of carbonyl (C=O) groups excluding carboxylic acids is 1. The van der Waals surface area contributed by atoms with Gasteiger partial charge in [-0.15, -0.1) is 11.5 Å². The first-order valence-corrected chi connectivity index (χ1v) is 22.5. The third kappa shape index (κ3) is 14.2. The number of hydrogen-bond acceptors (Lipinski definition) is 16. The highest BCUT2D eigenvalue weighted by Crippen LogP contribution is 2.33. The molecule has 326 valence electrons. The first kappa shape index (κ1) is 49.0. The van der Waals surface area contributed by atoms with Crippen LogP contribution < -0.4 is 35.3 Å². The number of carbonyl (C=O) groups is 2. The number of anilines is 1. The van der Waals surface area contributed by atoms with Crippen LogP contribution in [0.25, 0.3) is 5.69 Å². The lowest BCUT2D eigenvalue weighted by Gasteiger charge is -2.11. The lowest BCUT2D eigenvalue weighted by Crippen LogP contribution is -2.36. The van der Waals surface area contributed by atoms with E-state index in [9.17, 15) is 35.8 Å². The van der Waals surface area contributed by atoms with Crippen LogP contribution in [0.5, 0.6) is 17.5 Å². The highest BCUT2D eigenvalue weighted by molar-refractivity contribution is 7.93. The van der Waals surface area contributed by atoms with Gasteiger partial charge in [0.05, 0.1) is 54.6 Å². The molecule has 2 amide bonds. The minimum absolute atomic E-state index is 0.0612. The van der Waals surface area contributed by atoms with Gasteiger partial charge in [-0.1, -0.05) is 36.0 Å². The zero-order valence-corrected chi connectivity index (χ0v) is 35.8. The first-order valence-electron chi connectivity index (χ1n) is 16.9. The Hall–Kier alpha value is -5.32. The molecule has 0 radical (unpaired) electrons. The average Bonchev–Trinajstić information content (AvgIpc) is 3.52. The van der Waals surface area contributed by atoms with Gasteiger partial charge in [0.1, 0.15) is 23.1 Å². The number of amides is 2. The molecule has 1 aliphatic heterocycles. The number of nitrogens with zero attached hydrogens (tertiary/aromatic N) is 6. The second kappa shape index (κ2) is 21.8. The second-order valence-corrected chi connectivity index (χ2v) is 17.9. The SMILES string of the molecule is C#CCOc1cc(-n2nc3n(c2=O)CCCC3)c(Cl)cc1Cl.CCS(=O)(=O)c1cccnc1S(=O)(=O)NC(=O)Nc1nc(OC)cc(OC)n1.O=C(O)CNCP(=O)(O)O. The first-order chi connectivity index (χ1) is 28.2. The number of aromatic nitrogens is 6. The number of rotatable bonds is 14. The Labute approximate surface area is 352 Å². The molecule has 4 heterocycles. The van der Waals surface area contributed by atoms with E-state index in [1.165, 1.54) is 44.0 Å². The molecule has 0 atom stereocenters. The molecular formula is C32H38Cl2N9O14PS2. The Kier molecular flexibility index (Phi) is 17.8. The van der Waals surface area contributed by atoms with Crippen molar-refractivity contribution in [1.82, 2.24) is 39.3 Å². The summed E-state index contributed by atoms with van der Waals surface area (Å²) in [5.74, 6) is 1.85. The lowest BCUT2D eigenvalue weighted by molar-refractivity contribution is -0.135. The topological polar surface area (TPSA) is 322 Å². The molecule has 0 spiro atoms. The van der Waals surface area contributed by atoms with E-state index in [-0.39, 0.29) is 35.8 Å². The van der Waals surface area contributed by atoms with Gasteiger partial charge in [0, 0.05) is 25.2 Å². The van der Waals surface area contributed by atoms with Crippen molar-refractivity contribution in [2.75, 3.05) is 44.7 Å². The molecule has 28 heteroatoms. The maximum absolute atomic E-state index is 12.5. The van der Waals surface area contributed by atoms with Crippen molar-refractivity contribution in [2.24, 2.45) is 0 Å². The number of aryl methyl sites for hydroxylation is 1. The van der Waals surface area contributed by atoms with Gasteiger partial charge in [0.2, 0.25) is 17.7 Å². The second-order valence-electron chi connectivity index (χ2n) is 11.6. The van der Waals surface area contributed by atoms with E-state index in [1.807, 2.05) is 0 Å². The van der Waals surface area contributed by atoms with Crippen LogP contribution in [0, 0.1) is 12.3 Å². The number of terminal acetylenes is 1. The summed E-state index contributed by atoms with van der Waals surface area (Å²) in [5, 5.41) is 16.4. The molecule has 6 N–H and O–H groups in total. The van der Waals surface area contributed by atoms with Crippen molar-refractivity contribution < 1.29 is 60.1 Å². The highest BCUT2D eigenvalue weighted by Gasteiger charge is 2.29. The maximum Gasteiger partial charge on any atom is 0.350 e. The van der Waals surface area contributed by atoms with Crippen molar-refractivity contribution >= 4 is 68.6 Å². The number of carboxylic acids is 1. The van der Waals surface area contributed by atoms with E-state index in [1.54, 1.807) is 15.4 Å². The lowest BCUT2D eigenvalue weighted by atomic mass is 10.2. The smallest absolute Gasteiger partial charge is 0.350 e. The summed E-state index contributed by atoms with van der Waals surface area (Å²) in [6, 6.07) is 5.58. The summed E-state index contributed by atoms with van der Waals surface area (Å²) in [5.41, 5.74) is 0.229. The quantitative estimate of drug-likeness (QED) is 0.0774. The van der Waals surface area contributed by atoms with E-state index in [4.69, 9.17) is 58.7 Å². The summed E-state index contributed by atoms with van der Waals surface area (Å²) >= 11 is 12.3. The van der Waals surface area contributed by atoms with Crippen molar-refractivity contribution in [3.63, 3.8) is 0 Å². The Balaban J connectivity index is 0.000000266. The number of sulfonamides is 1. The van der Waals surface area contributed by atoms with Gasteiger partial charge in [-0.25, -0.2) is 27.7 Å². The van der Waals surface area contributed by atoms with Crippen LogP contribution in [0.1, 0.15) is 25.6 Å². The summed E-state index contributed by atoms with van der Waals surface area (Å²) in [6.45, 7) is 1.67. The van der Waals surface area contributed by atoms with Crippen LogP contribution in [0.3, 0.4) is 0 Å². The summed E-state index contributed by atoms with van der Waals surface area (Å²) < 4.78 is 79.0. The zero-order valence-electron chi connectivity index (χ0n) is 31.7. The van der Waals surface area contributed by atoms with Crippen molar-refractivity contribution in [3.05, 3.63) is 62.9 Å². The number of aliphatic carboxylic acids is 1. The standard InChI is InChI=1S/C15H13Cl2N3O2.C14H17N5O7S2.C3H8NO5P/c1-2-7-22-13-9-12(10(16)8-11(13)17)20-15(21)19-6-4-3-5-14(19)18-20;1-4-27(21,22)9-6-5-7-15-12(9)28(23,24)19-14(20)18-13-16-10(25-2)8-11(17-13)26-3;5-3(6)1-4-2-10(7,8)9/h1,8-9H,3-7H2;5-8H,4H2,1-3H3,(H2,16,17,18,19,20);4H,1-2H2,(H,5,6)(H2,7,8,9). The molecule has 4 aromatic rings. The highest BCUT2D eigenvalue weighted by atomic mass is 35.5. The molecule has 1 aliphatic rings. The number of nitrogens with one attached hydrogen (secondary N) is 3. The largest absolute Gasteiger partial charge is 0.481 e. The fourth-order valence-electron chi connectivity index (χ4n) is 4.71. The molecule has 0 unspecified atom stereocenters. The van der Waals surface area contributed by atoms with Gasteiger partial charge >= 0.3 is 25.3 Å². The molecule has 5 rings (SSSR count). The minimum atomic E-state index is -4.61. The molecule has 0 bridgehead atoms. The van der Waals surface area contributed by atoms with Gasteiger partial charge < -0.3 is 29.1 Å². The third-order valence-electron chi connectivity index (χ3n) is 7.36. The van der Waals surface area contributed by atoms with Crippen molar-refractivity contribution in [3.8, 4) is 35.5 Å². The Morgan fingerprint density at radius 3 is 2.28 bits per heavy atom. The van der Waals surface area contributed by atoms with E-state index in [0.717, 1.165) is 37.4 Å². The zero-order chi connectivity index (χ0) is 44.8. The molecule has 23 nitrogen and oxygen atoms in total. The predicted octanol–water partition coefficient (Wildman–Crippen LogP) is 1.68. The number of sulfone groups is 1. The van der Waals surface area contributed by atoms with Crippen molar-refractivity contribution in [2.45, 2.75) is 42.7 Å². The van der Waals surface area contributed by atoms with Gasteiger partial charge in [0.15, 0.2) is 14.9 Å². The molecule has 0 saturated carbocycles. The van der Waals surface area contributed by atoms with E-state index in [2.05, 4.69) is 36.6 Å². The van der Waals surface area contributed by atoms with Crippen LogP contribution in [-0.4, -0.2) is 112 Å². The number of pyridine rings is 1. The fourth-order valence-corrected chi connectivity index (χ4v) is 8.18. The molecule has 1 aromatic carbocycles. The average molecular weight is 939 g/mol. The maximum atomic E-state index is 12.5. The Bertz CT molecular complexity index is 2540.